The van der Waals surface area contributed by atoms with Crippen molar-refractivity contribution in [1.82, 2.24) is 25.3 Å². The van der Waals surface area contributed by atoms with E-state index in [4.69, 9.17) is 0 Å². The Hall–Kier alpha value is -2.66. The van der Waals surface area contributed by atoms with E-state index in [0.29, 0.717) is 0 Å². The Labute approximate surface area is 153 Å². The van der Waals surface area contributed by atoms with Gasteiger partial charge in [0.1, 0.15) is 5.82 Å². The van der Waals surface area contributed by atoms with Crippen LogP contribution in [0.2, 0.25) is 0 Å². The first-order chi connectivity index (χ1) is 12.7. The second-order valence-electron chi connectivity index (χ2n) is 6.87. The molecule has 0 unspecified atom stereocenters. The number of unbranched alkanes of at least 4 members (excludes halogenated alkanes) is 2. The zero-order chi connectivity index (χ0) is 17.9. The topological polar surface area (TPSA) is 69.4 Å². The van der Waals surface area contributed by atoms with Crippen molar-refractivity contribution in [3.05, 3.63) is 47.9 Å². The molecule has 4 rings (SSSR count). The number of pyridine rings is 1. The summed E-state index contributed by atoms with van der Waals surface area (Å²) in [6.45, 7) is 6.19. The summed E-state index contributed by atoms with van der Waals surface area (Å²) in [5.74, 6) is 0.882. The second kappa shape index (κ2) is 7.30. The highest BCUT2D eigenvalue weighted by Gasteiger charge is 2.11. The molecule has 3 heterocycles. The van der Waals surface area contributed by atoms with Gasteiger partial charge in [0.2, 0.25) is 0 Å². The van der Waals surface area contributed by atoms with E-state index in [1.54, 1.807) is 0 Å². The lowest BCUT2D eigenvalue weighted by Crippen LogP contribution is -2.14. The molecule has 0 aliphatic carbocycles. The van der Waals surface area contributed by atoms with Crippen molar-refractivity contribution in [2.45, 2.75) is 39.7 Å². The molecule has 0 aliphatic heterocycles. The number of nitrogens with zero attached hydrogens (tertiary/aromatic N) is 2. The number of H-pyrrole nitrogens is 2. The van der Waals surface area contributed by atoms with Gasteiger partial charge in [-0.15, -0.1) is 0 Å². The summed E-state index contributed by atoms with van der Waals surface area (Å²) in [6, 6.07) is 10.9. The van der Waals surface area contributed by atoms with Crippen LogP contribution in [0.3, 0.4) is 0 Å². The lowest BCUT2D eigenvalue weighted by Gasteiger charge is -2.04. The fourth-order valence-electron chi connectivity index (χ4n) is 3.42. The molecule has 4 aromatic rings. The smallest absolute Gasteiger partial charge is 0.178 e. The summed E-state index contributed by atoms with van der Waals surface area (Å²) in [6.07, 6.45) is 5.61. The maximum Gasteiger partial charge on any atom is 0.178 e. The standard InChI is InChI=1S/C21H25N5/c1-3-4-5-9-22-13-15-6-7-18-16(11-15)12-19(26-18)17-8-10-23-21-20(17)24-14(2)25-21/h6-8,10-12,22,26H,3-5,9,13H2,1-2H3,(H,23,24,25). The minimum Gasteiger partial charge on any atom is -0.354 e. The molecule has 0 saturated heterocycles. The average Bonchev–Trinajstić information content (AvgIpc) is 3.23. The zero-order valence-corrected chi connectivity index (χ0v) is 15.4. The first kappa shape index (κ1) is 16.8. The quantitative estimate of drug-likeness (QED) is 0.425. The van der Waals surface area contributed by atoms with Gasteiger partial charge in [-0.3, -0.25) is 0 Å². The number of hydrogen-bond acceptors (Lipinski definition) is 3. The molecule has 5 nitrogen and oxygen atoms in total. The zero-order valence-electron chi connectivity index (χ0n) is 15.4. The van der Waals surface area contributed by atoms with Crippen molar-refractivity contribution in [2.24, 2.45) is 0 Å². The number of rotatable bonds is 7. The van der Waals surface area contributed by atoms with Crippen LogP contribution in [0.15, 0.2) is 36.5 Å². The first-order valence-corrected chi connectivity index (χ1v) is 9.38. The number of nitrogens with one attached hydrogen (secondary N) is 3. The van der Waals surface area contributed by atoms with Gasteiger partial charge >= 0.3 is 0 Å². The van der Waals surface area contributed by atoms with Crippen molar-refractivity contribution in [3.63, 3.8) is 0 Å². The Morgan fingerprint density at radius 1 is 1.08 bits per heavy atom. The molecule has 3 aromatic heterocycles. The van der Waals surface area contributed by atoms with E-state index >= 15 is 0 Å². The van der Waals surface area contributed by atoms with Crippen LogP contribution in [-0.4, -0.2) is 26.5 Å². The predicted octanol–water partition coefficient (Wildman–Crippen LogP) is 4.69. The van der Waals surface area contributed by atoms with Gasteiger partial charge in [-0.1, -0.05) is 25.8 Å². The van der Waals surface area contributed by atoms with Gasteiger partial charge < -0.3 is 15.3 Å². The molecule has 5 heteroatoms. The van der Waals surface area contributed by atoms with E-state index in [2.05, 4.69) is 56.4 Å². The molecule has 0 atom stereocenters. The van der Waals surface area contributed by atoms with Crippen molar-refractivity contribution < 1.29 is 0 Å². The van der Waals surface area contributed by atoms with Crippen molar-refractivity contribution in [3.8, 4) is 11.3 Å². The van der Waals surface area contributed by atoms with Crippen LogP contribution in [0, 0.1) is 6.92 Å². The fraction of sp³-hybridized carbons (Fsp3) is 0.333. The van der Waals surface area contributed by atoms with Gasteiger partial charge in [-0.2, -0.15) is 0 Å². The highest BCUT2D eigenvalue weighted by molar-refractivity contribution is 5.94. The molecule has 26 heavy (non-hydrogen) atoms. The van der Waals surface area contributed by atoms with Gasteiger partial charge in [0.25, 0.3) is 0 Å². The largest absolute Gasteiger partial charge is 0.354 e. The van der Waals surface area contributed by atoms with Crippen molar-refractivity contribution in [2.75, 3.05) is 6.54 Å². The molecular weight excluding hydrogens is 322 g/mol. The monoisotopic (exact) mass is 347 g/mol. The normalized spacial score (nSPS) is 11.6. The minimum absolute atomic E-state index is 0.760. The average molecular weight is 347 g/mol. The van der Waals surface area contributed by atoms with Gasteiger partial charge in [0, 0.05) is 34.9 Å². The minimum atomic E-state index is 0.760. The molecule has 3 N–H and O–H groups in total. The third-order valence-electron chi connectivity index (χ3n) is 4.77. The molecule has 134 valence electrons. The Bertz CT molecular complexity index is 1030. The van der Waals surface area contributed by atoms with Gasteiger partial charge in [0.05, 0.1) is 5.52 Å². The highest BCUT2D eigenvalue weighted by Crippen LogP contribution is 2.29. The third-order valence-corrected chi connectivity index (χ3v) is 4.77. The SMILES string of the molecule is CCCCCNCc1ccc2[nH]c(-c3ccnc4nc(C)[nH]c34)cc2c1. The van der Waals surface area contributed by atoms with Crippen LogP contribution in [0.4, 0.5) is 0 Å². The van der Waals surface area contributed by atoms with Crippen LogP contribution >= 0.6 is 0 Å². The Kier molecular flexibility index (Phi) is 4.71. The number of benzene rings is 1. The summed E-state index contributed by atoms with van der Waals surface area (Å²) in [4.78, 5) is 15.6. The number of hydrogen-bond donors (Lipinski definition) is 3. The van der Waals surface area contributed by atoms with Crippen molar-refractivity contribution in [1.29, 1.82) is 0 Å². The van der Waals surface area contributed by atoms with E-state index in [-0.39, 0.29) is 0 Å². The van der Waals surface area contributed by atoms with Crippen LogP contribution in [0.5, 0.6) is 0 Å². The Morgan fingerprint density at radius 3 is 2.88 bits per heavy atom. The number of aromatic nitrogens is 4. The fourth-order valence-corrected chi connectivity index (χ4v) is 3.42. The molecule has 0 amide bonds. The third kappa shape index (κ3) is 3.35. The summed E-state index contributed by atoms with van der Waals surface area (Å²) in [5, 5.41) is 4.77. The maximum absolute atomic E-state index is 4.43. The molecular formula is C21H25N5. The maximum atomic E-state index is 4.43. The summed E-state index contributed by atoms with van der Waals surface area (Å²) < 4.78 is 0. The van der Waals surface area contributed by atoms with E-state index in [0.717, 1.165) is 46.9 Å². The van der Waals surface area contributed by atoms with Crippen LogP contribution < -0.4 is 5.32 Å². The number of aromatic amines is 2. The molecule has 0 radical (unpaired) electrons. The lowest BCUT2D eigenvalue weighted by molar-refractivity contribution is 0.617. The molecule has 1 aromatic carbocycles. The Morgan fingerprint density at radius 2 is 2.00 bits per heavy atom. The number of imidazole rings is 1. The van der Waals surface area contributed by atoms with Gasteiger partial charge in [0.15, 0.2) is 5.65 Å². The van der Waals surface area contributed by atoms with E-state index in [9.17, 15) is 0 Å². The number of fused-ring (bicyclic) bond motifs is 2. The van der Waals surface area contributed by atoms with Crippen LogP contribution in [0.25, 0.3) is 33.3 Å². The summed E-state index contributed by atoms with van der Waals surface area (Å²) >= 11 is 0. The molecule has 0 saturated carbocycles. The van der Waals surface area contributed by atoms with Crippen LogP contribution in [0.1, 0.15) is 37.6 Å². The highest BCUT2D eigenvalue weighted by atomic mass is 15.0. The molecule has 0 spiro atoms. The predicted molar refractivity (Wildman–Crippen MR) is 107 cm³/mol. The molecule has 0 fully saturated rings. The van der Waals surface area contributed by atoms with E-state index in [1.807, 2.05) is 19.2 Å². The van der Waals surface area contributed by atoms with Crippen LogP contribution in [-0.2, 0) is 6.54 Å². The number of aryl methyl sites for hydroxylation is 1. The molecule has 0 bridgehead atoms. The van der Waals surface area contributed by atoms with Gasteiger partial charge in [-0.25, -0.2) is 9.97 Å². The molecule has 0 aliphatic rings. The van der Waals surface area contributed by atoms with Gasteiger partial charge in [-0.05, 0) is 49.7 Å². The summed E-state index contributed by atoms with van der Waals surface area (Å²) in [5.41, 5.74) is 6.40. The van der Waals surface area contributed by atoms with E-state index < -0.39 is 0 Å². The second-order valence-corrected chi connectivity index (χ2v) is 6.87. The van der Waals surface area contributed by atoms with Crippen molar-refractivity contribution >= 4 is 22.1 Å². The lowest BCUT2D eigenvalue weighted by atomic mass is 10.1. The summed E-state index contributed by atoms with van der Waals surface area (Å²) in [7, 11) is 0. The first-order valence-electron chi connectivity index (χ1n) is 9.38. The van der Waals surface area contributed by atoms with E-state index in [1.165, 1.54) is 30.2 Å². The Balaban J connectivity index is 1.59.